The van der Waals surface area contributed by atoms with Crippen molar-refractivity contribution < 1.29 is 55.0 Å². The summed E-state index contributed by atoms with van der Waals surface area (Å²) in [5.41, 5.74) is -3.49. The Morgan fingerprint density at radius 3 is 2.56 bits per heavy atom. The van der Waals surface area contributed by atoms with Crippen LogP contribution in [-0.4, -0.2) is 95.5 Å². The van der Waals surface area contributed by atoms with E-state index in [1.54, 1.807) is 32.2 Å². The molecule has 322 valence electrons. The monoisotopic (exact) mass is 847 g/mol. The molecule has 3 aliphatic heterocycles. The molecule has 7 unspecified atom stereocenters. The summed E-state index contributed by atoms with van der Waals surface area (Å²) >= 11 is 0. The molecule has 7 atom stereocenters. The molecule has 0 spiro atoms. The van der Waals surface area contributed by atoms with Crippen LogP contribution in [-0.2, 0) is 35.6 Å². The van der Waals surface area contributed by atoms with Gasteiger partial charge in [0.1, 0.15) is 29.5 Å². The van der Waals surface area contributed by atoms with E-state index >= 15 is 0 Å². The molecule has 5 aliphatic rings. The SMILES string of the molecule is CCC1CC(C)CCC=CC2CC2(C(=O)NS(=O)(=O)C2(C)CC2)NC(=O)C2CC(Oc3nccc4c5c(ccc34)CCO5)CN2C(=O)C1NC(=O)OC(C)(C)C(F)(F)F. The zero-order chi connectivity index (χ0) is 42.7. The molecule has 4 amide bonds. The second-order valence-electron chi connectivity index (χ2n) is 17.5. The largest absolute Gasteiger partial charge is 0.492 e. The predicted octanol–water partition coefficient (Wildman–Crippen LogP) is 5.23. The van der Waals surface area contributed by atoms with Crippen LogP contribution in [0.1, 0.15) is 91.5 Å². The number of alkyl halides is 3. The number of allylic oxidation sites excluding steroid dienone is 1. The molecule has 18 heteroatoms. The number of ether oxygens (including phenoxy) is 3. The number of carbonyl (C=O) groups is 4. The molecular formula is C41H52F3N5O9S. The molecule has 2 aliphatic carbocycles. The van der Waals surface area contributed by atoms with E-state index in [2.05, 4.69) is 20.3 Å². The molecule has 1 aromatic heterocycles. The minimum atomic E-state index is -4.91. The van der Waals surface area contributed by atoms with Gasteiger partial charge >= 0.3 is 12.3 Å². The third-order valence-corrected chi connectivity index (χ3v) is 14.9. The molecule has 4 heterocycles. The van der Waals surface area contributed by atoms with Crippen LogP contribution in [0.3, 0.4) is 0 Å². The van der Waals surface area contributed by atoms with E-state index in [0.717, 1.165) is 17.4 Å². The minimum absolute atomic E-state index is 0.0285. The highest BCUT2D eigenvalue weighted by Gasteiger charge is 2.63. The second kappa shape index (κ2) is 15.4. The van der Waals surface area contributed by atoms with Gasteiger partial charge in [-0.3, -0.25) is 19.1 Å². The maximum absolute atomic E-state index is 14.9. The third-order valence-electron chi connectivity index (χ3n) is 12.7. The number of fused-ring (bicyclic) bond motifs is 5. The molecule has 2 saturated carbocycles. The number of aromatic nitrogens is 1. The van der Waals surface area contributed by atoms with Crippen LogP contribution >= 0.6 is 0 Å². The van der Waals surface area contributed by atoms with Crippen molar-refractivity contribution in [2.45, 2.75) is 133 Å². The molecule has 0 bridgehead atoms. The molecule has 59 heavy (non-hydrogen) atoms. The van der Waals surface area contributed by atoms with Gasteiger partial charge in [0.25, 0.3) is 5.91 Å². The summed E-state index contributed by atoms with van der Waals surface area (Å²) in [5, 5.41) is 6.67. The summed E-state index contributed by atoms with van der Waals surface area (Å²) in [6, 6.07) is 2.86. The smallest absolute Gasteiger partial charge is 0.427 e. The maximum atomic E-state index is 14.9. The lowest BCUT2D eigenvalue weighted by atomic mass is 9.85. The highest BCUT2D eigenvalue weighted by molar-refractivity contribution is 7.91. The summed E-state index contributed by atoms with van der Waals surface area (Å²) in [4.78, 5) is 62.4. The van der Waals surface area contributed by atoms with Crippen molar-refractivity contribution in [3.8, 4) is 11.6 Å². The van der Waals surface area contributed by atoms with Crippen LogP contribution in [0.25, 0.3) is 10.8 Å². The number of nitrogens with zero attached hydrogens (tertiary/aromatic N) is 2. The van der Waals surface area contributed by atoms with Crippen LogP contribution < -0.4 is 24.8 Å². The number of sulfonamides is 1. The van der Waals surface area contributed by atoms with Crippen molar-refractivity contribution in [2.24, 2.45) is 17.8 Å². The molecule has 3 fully saturated rings. The molecule has 7 rings (SSSR count). The first-order valence-electron chi connectivity index (χ1n) is 20.3. The van der Waals surface area contributed by atoms with Crippen molar-refractivity contribution in [1.29, 1.82) is 0 Å². The maximum Gasteiger partial charge on any atom is 0.427 e. The zero-order valence-electron chi connectivity index (χ0n) is 33.8. The van der Waals surface area contributed by atoms with Gasteiger partial charge < -0.3 is 29.7 Å². The van der Waals surface area contributed by atoms with Gasteiger partial charge in [-0.2, -0.15) is 13.2 Å². The van der Waals surface area contributed by atoms with Crippen molar-refractivity contribution in [3.63, 3.8) is 0 Å². The Labute approximate surface area is 341 Å². The summed E-state index contributed by atoms with van der Waals surface area (Å²) in [6.45, 7) is 7.05. The molecule has 3 N–H and O–H groups in total. The topological polar surface area (TPSA) is 182 Å². The predicted molar refractivity (Wildman–Crippen MR) is 209 cm³/mol. The van der Waals surface area contributed by atoms with Gasteiger partial charge in [0, 0.05) is 35.7 Å². The van der Waals surface area contributed by atoms with Crippen molar-refractivity contribution in [2.75, 3.05) is 13.2 Å². The van der Waals surface area contributed by atoms with Gasteiger partial charge in [0.05, 0.1) is 17.9 Å². The van der Waals surface area contributed by atoms with Crippen molar-refractivity contribution in [3.05, 3.63) is 42.1 Å². The number of halogens is 3. The summed E-state index contributed by atoms with van der Waals surface area (Å²) in [7, 11) is -4.08. The highest BCUT2D eigenvalue weighted by Crippen LogP contribution is 2.48. The lowest BCUT2D eigenvalue weighted by Gasteiger charge is -2.35. The first-order chi connectivity index (χ1) is 27.7. The number of nitrogens with one attached hydrogen (secondary N) is 3. The molecule has 2 aromatic rings. The van der Waals surface area contributed by atoms with E-state index in [1.807, 2.05) is 25.1 Å². The fourth-order valence-electron chi connectivity index (χ4n) is 8.39. The molecule has 1 aromatic carbocycles. The van der Waals surface area contributed by atoms with E-state index in [-0.39, 0.29) is 31.2 Å². The molecular weight excluding hydrogens is 796 g/mol. The van der Waals surface area contributed by atoms with Crippen LogP contribution in [0.4, 0.5) is 18.0 Å². The van der Waals surface area contributed by atoms with Gasteiger partial charge in [-0.05, 0) is 88.8 Å². The lowest BCUT2D eigenvalue weighted by molar-refractivity contribution is -0.244. The lowest BCUT2D eigenvalue weighted by Crippen LogP contribution is -2.60. The Bertz CT molecular complexity index is 2160. The first-order valence-corrected chi connectivity index (χ1v) is 21.8. The Balaban J connectivity index is 1.24. The fraction of sp³-hybridized carbons (Fsp3) is 0.634. The van der Waals surface area contributed by atoms with Crippen molar-refractivity contribution >= 4 is 44.6 Å². The number of carbonyl (C=O) groups excluding carboxylic acids is 4. The Kier molecular flexibility index (Phi) is 11.1. The number of pyridine rings is 1. The Morgan fingerprint density at radius 2 is 1.86 bits per heavy atom. The summed E-state index contributed by atoms with van der Waals surface area (Å²) in [6.07, 6.45) is 1.45. The number of hydrogen-bond acceptors (Lipinski definition) is 10. The highest BCUT2D eigenvalue weighted by atomic mass is 32.2. The van der Waals surface area contributed by atoms with E-state index in [9.17, 15) is 40.8 Å². The number of benzene rings is 1. The quantitative estimate of drug-likeness (QED) is 0.298. The van der Waals surface area contributed by atoms with Gasteiger partial charge in [-0.15, -0.1) is 0 Å². The van der Waals surface area contributed by atoms with E-state index < -0.39 is 85.9 Å². The number of hydrogen-bond donors (Lipinski definition) is 3. The van der Waals surface area contributed by atoms with Crippen LogP contribution in [0.5, 0.6) is 11.6 Å². The third kappa shape index (κ3) is 8.29. The van der Waals surface area contributed by atoms with Gasteiger partial charge in [-0.1, -0.05) is 38.5 Å². The average Bonchev–Trinajstić information content (AvgIpc) is 3.94. The second-order valence-corrected chi connectivity index (χ2v) is 19.7. The van der Waals surface area contributed by atoms with Crippen molar-refractivity contribution in [1.82, 2.24) is 25.2 Å². The average molecular weight is 848 g/mol. The van der Waals surface area contributed by atoms with Crippen LogP contribution in [0, 0.1) is 17.8 Å². The summed E-state index contributed by atoms with van der Waals surface area (Å²) in [5.74, 6) is -2.62. The normalized spacial score (nSPS) is 29.5. The van der Waals surface area contributed by atoms with Gasteiger partial charge in [0.15, 0.2) is 0 Å². The number of rotatable bonds is 8. The first kappa shape index (κ1) is 42.5. The Morgan fingerprint density at radius 1 is 1.12 bits per heavy atom. The number of amides is 4. The Hall–Kier alpha value is -4.61. The van der Waals surface area contributed by atoms with E-state index in [4.69, 9.17) is 14.2 Å². The van der Waals surface area contributed by atoms with Gasteiger partial charge in [-0.25, -0.2) is 18.2 Å². The number of alkyl carbamates (subject to hydrolysis) is 1. The molecule has 0 radical (unpaired) electrons. The zero-order valence-corrected chi connectivity index (χ0v) is 34.6. The van der Waals surface area contributed by atoms with Crippen LogP contribution in [0.15, 0.2) is 36.5 Å². The van der Waals surface area contributed by atoms with E-state index in [0.29, 0.717) is 70.1 Å². The van der Waals surface area contributed by atoms with Gasteiger partial charge in [0.2, 0.25) is 33.3 Å². The van der Waals surface area contributed by atoms with Crippen LogP contribution in [0.2, 0.25) is 0 Å². The minimum Gasteiger partial charge on any atom is -0.492 e. The summed E-state index contributed by atoms with van der Waals surface area (Å²) < 4.78 is 86.2. The fourth-order valence-corrected chi connectivity index (χ4v) is 9.70. The van der Waals surface area contributed by atoms with E-state index in [1.165, 1.54) is 4.90 Å². The standard InChI is InChI=1S/C41H52F3N5O9S/c1-6-24-19-23(2)9-7-8-10-26-21-40(26,36(52)48-59(54,55)39(5)15-16-39)47-33(50)30-20-27(57-34-29-12-11-25-14-18-56-32(25)28(29)13-17-45-34)22-49(30)35(51)31(24)46-37(53)58-38(3,4)41(42,43)44/h8,10-13,17,23-24,26-27,30-31H,6-7,9,14-16,18-22H2,1-5H3,(H,46,53)(H,47,50)(H,48,52). The molecule has 14 nitrogen and oxygen atoms in total. The molecule has 1 saturated heterocycles.